The van der Waals surface area contributed by atoms with Gasteiger partial charge in [-0.05, 0) is 58.7 Å². The fraction of sp³-hybridized carbons (Fsp3) is 0.0714. The number of hydrogen-bond donors (Lipinski definition) is 3. The summed E-state index contributed by atoms with van der Waals surface area (Å²) in [5.41, 5.74) is 14.6. The van der Waals surface area contributed by atoms with E-state index < -0.39 is 5.91 Å². The SMILES string of the molecule is Cc1ccc(Nc2cc(N)ccc2C(N)=O)c(Br)c1. The summed E-state index contributed by atoms with van der Waals surface area (Å²) in [6, 6.07) is 10.8. The summed E-state index contributed by atoms with van der Waals surface area (Å²) < 4.78 is 0.908. The molecule has 4 nitrogen and oxygen atoms in total. The molecule has 2 rings (SSSR count). The van der Waals surface area contributed by atoms with E-state index in [9.17, 15) is 4.79 Å². The number of benzene rings is 2. The van der Waals surface area contributed by atoms with Crippen molar-refractivity contribution in [1.82, 2.24) is 0 Å². The lowest BCUT2D eigenvalue weighted by Crippen LogP contribution is -2.13. The van der Waals surface area contributed by atoms with E-state index in [2.05, 4.69) is 21.2 Å². The quantitative estimate of drug-likeness (QED) is 0.760. The van der Waals surface area contributed by atoms with Crippen LogP contribution in [0.3, 0.4) is 0 Å². The molecule has 0 bridgehead atoms. The van der Waals surface area contributed by atoms with Gasteiger partial charge in [0.05, 0.1) is 16.9 Å². The highest BCUT2D eigenvalue weighted by Crippen LogP contribution is 2.29. The van der Waals surface area contributed by atoms with Gasteiger partial charge in [0.2, 0.25) is 0 Å². The van der Waals surface area contributed by atoms with Gasteiger partial charge in [-0.1, -0.05) is 6.07 Å². The average Bonchev–Trinajstić information content (AvgIpc) is 2.32. The van der Waals surface area contributed by atoms with Crippen LogP contribution in [-0.2, 0) is 0 Å². The standard InChI is InChI=1S/C14H14BrN3O/c1-8-2-5-12(11(15)6-8)18-13-7-9(16)3-4-10(13)14(17)19/h2-7,18H,16H2,1H3,(H2,17,19). The Morgan fingerprint density at radius 2 is 1.89 bits per heavy atom. The van der Waals surface area contributed by atoms with Crippen molar-refractivity contribution in [2.45, 2.75) is 6.92 Å². The number of nitrogen functional groups attached to an aromatic ring is 1. The number of rotatable bonds is 3. The normalized spacial score (nSPS) is 10.2. The molecule has 5 heteroatoms. The van der Waals surface area contributed by atoms with Gasteiger partial charge in [-0.25, -0.2) is 0 Å². The van der Waals surface area contributed by atoms with E-state index in [4.69, 9.17) is 11.5 Å². The van der Waals surface area contributed by atoms with Crippen molar-refractivity contribution in [1.29, 1.82) is 0 Å². The fourth-order valence-corrected chi connectivity index (χ4v) is 2.34. The Bertz CT molecular complexity index is 641. The molecule has 19 heavy (non-hydrogen) atoms. The van der Waals surface area contributed by atoms with Crippen molar-refractivity contribution in [3.05, 3.63) is 52.0 Å². The maximum absolute atomic E-state index is 11.4. The van der Waals surface area contributed by atoms with E-state index in [1.165, 1.54) is 0 Å². The summed E-state index contributed by atoms with van der Waals surface area (Å²) >= 11 is 3.47. The van der Waals surface area contributed by atoms with E-state index in [-0.39, 0.29) is 0 Å². The van der Waals surface area contributed by atoms with Crippen molar-refractivity contribution < 1.29 is 4.79 Å². The number of carbonyl (C=O) groups excluding carboxylic acids is 1. The molecule has 98 valence electrons. The van der Waals surface area contributed by atoms with Gasteiger partial charge < -0.3 is 16.8 Å². The predicted molar refractivity (Wildman–Crippen MR) is 81.5 cm³/mol. The third-order valence-corrected chi connectivity index (χ3v) is 3.36. The number of halogens is 1. The van der Waals surface area contributed by atoms with Gasteiger partial charge in [-0.15, -0.1) is 0 Å². The second-order valence-electron chi connectivity index (χ2n) is 4.28. The lowest BCUT2D eigenvalue weighted by Gasteiger charge is -2.12. The Morgan fingerprint density at radius 1 is 1.16 bits per heavy atom. The Hall–Kier alpha value is -2.01. The number of hydrogen-bond acceptors (Lipinski definition) is 3. The molecule has 0 aliphatic rings. The zero-order valence-corrected chi connectivity index (χ0v) is 12.0. The third-order valence-electron chi connectivity index (χ3n) is 2.70. The molecule has 0 saturated carbocycles. The first-order valence-corrected chi connectivity index (χ1v) is 6.49. The van der Waals surface area contributed by atoms with Crippen LogP contribution in [0.15, 0.2) is 40.9 Å². The van der Waals surface area contributed by atoms with E-state index in [0.29, 0.717) is 16.9 Å². The van der Waals surface area contributed by atoms with Gasteiger partial charge in [-0.3, -0.25) is 4.79 Å². The van der Waals surface area contributed by atoms with Crippen molar-refractivity contribution in [2.75, 3.05) is 11.1 Å². The van der Waals surface area contributed by atoms with Gasteiger partial charge in [0, 0.05) is 10.2 Å². The summed E-state index contributed by atoms with van der Waals surface area (Å²) in [4.78, 5) is 11.4. The molecular weight excluding hydrogens is 306 g/mol. The predicted octanol–water partition coefficient (Wildman–Crippen LogP) is 3.18. The number of aryl methyl sites for hydroxylation is 1. The highest BCUT2D eigenvalue weighted by Gasteiger charge is 2.10. The van der Waals surface area contributed by atoms with Crippen molar-refractivity contribution in [2.24, 2.45) is 5.73 Å². The zero-order chi connectivity index (χ0) is 14.0. The van der Waals surface area contributed by atoms with E-state index in [1.54, 1.807) is 18.2 Å². The van der Waals surface area contributed by atoms with Crippen molar-refractivity contribution in [3.8, 4) is 0 Å². The maximum Gasteiger partial charge on any atom is 0.250 e. The molecule has 0 heterocycles. The number of nitrogens with one attached hydrogen (secondary N) is 1. The Balaban J connectivity index is 2.42. The number of carbonyl (C=O) groups is 1. The summed E-state index contributed by atoms with van der Waals surface area (Å²) in [6.07, 6.45) is 0. The highest BCUT2D eigenvalue weighted by atomic mass is 79.9. The molecule has 0 saturated heterocycles. The fourth-order valence-electron chi connectivity index (χ4n) is 1.75. The molecule has 0 aromatic heterocycles. The number of amides is 1. The zero-order valence-electron chi connectivity index (χ0n) is 10.4. The van der Waals surface area contributed by atoms with Gasteiger partial charge in [-0.2, -0.15) is 0 Å². The van der Waals surface area contributed by atoms with Crippen LogP contribution in [0.5, 0.6) is 0 Å². The molecule has 0 radical (unpaired) electrons. The summed E-state index contributed by atoms with van der Waals surface area (Å²) in [7, 11) is 0. The molecular formula is C14H14BrN3O. The van der Waals surface area contributed by atoms with Crippen LogP contribution in [-0.4, -0.2) is 5.91 Å². The van der Waals surface area contributed by atoms with E-state index >= 15 is 0 Å². The number of nitrogens with two attached hydrogens (primary N) is 2. The smallest absolute Gasteiger partial charge is 0.250 e. The van der Waals surface area contributed by atoms with Crippen LogP contribution in [0, 0.1) is 6.92 Å². The lowest BCUT2D eigenvalue weighted by molar-refractivity contribution is 0.100. The van der Waals surface area contributed by atoms with Gasteiger partial charge >= 0.3 is 0 Å². The van der Waals surface area contributed by atoms with Gasteiger partial charge in [0.15, 0.2) is 0 Å². The first-order valence-electron chi connectivity index (χ1n) is 5.70. The molecule has 1 amide bonds. The minimum atomic E-state index is -0.495. The van der Waals surface area contributed by atoms with Crippen molar-refractivity contribution in [3.63, 3.8) is 0 Å². The van der Waals surface area contributed by atoms with Crippen LogP contribution >= 0.6 is 15.9 Å². The molecule has 0 spiro atoms. The van der Waals surface area contributed by atoms with Crippen LogP contribution in [0.25, 0.3) is 0 Å². The molecule has 0 aliphatic heterocycles. The Labute approximate surface area is 119 Å². The lowest BCUT2D eigenvalue weighted by atomic mass is 10.1. The van der Waals surface area contributed by atoms with Crippen LogP contribution < -0.4 is 16.8 Å². The minimum absolute atomic E-state index is 0.404. The number of primary amides is 1. The number of anilines is 3. The van der Waals surface area contributed by atoms with Crippen molar-refractivity contribution >= 4 is 38.9 Å². The molecule has 2 aromatic rings. The minimum Gasteiger partial charge on any atom is -0.399 e. The molecule has 0 atom stereocenters. The summed E-state index contributed by atoms with van der Waals surface area (Å²) in [6.45, 7) is 2.00. The van der Waals surface area contributed by atoms with E-state index in [0.717, 1.165) is 15.7 Å². The first-order chi connectivity index (χ1) is 8.97. The van der Waals surface area contributed by atoms with E-state index in [1.807, 2.05) is 25.1 Å². The third kappa shape index (κ3) is 3.06. The summed E-state index contributed by atoms with van der Waals surface area (Å²) in [5.74, 6) is -0.495. The largest absolute Gasteiger partial charge is 0.399 e. The maximum atomic E-state index is 11.4. The molecule has 0 unspecified atom stereocenters. The molecule has 0 fully saturated rings. The van der Waals surface area contributed by atoms with Gasteiger partial charge in [0.1, 0.15) is 0 Å². The van der Waals surface area contributed by atoms with Crippen LogP contribution in [0.4, 0.5) is 17.1 Å². The monoisotopic (exact) mass is 319 g/mol. The van der Waals surface area contributed by atoms with Crippen LogP contribution in [0.1, 0.15) is 15.9 Å². The first kappa shape index (κ1) is 13.4. The summed E-state index contributed by atoms with van der Waals surface area (Å²) in [5, 5.41) is 3.16. The Morgan fingerprint density at radius 3 is 2.53 bits per heavy atom. The molecule has 2 aromatic carbocycles. The average molecular weight is 320 g/mol. The second-order valence-corrected chi connectivity index (χ2v) is 5.13. The topological polar surface area (TPSA) is 81.1 Å². The Kier molecular flexibility index (Phi) is 3.76. The van der Waals surface area contributed by atoms with Crippen LogP contribution in [0.2, 0.25) is 0 Å². The highest BCUT2D eigenvalue weighted by molar-refractivity contribution is 9.10. The molecule has 0 aliphatic carbocycles. The van der Waals surface area contributed by atoms with Gasteiger partial charge in [0.25, 0.3) is 5.91 Å². The second kappa shape index (κ2) is 5.32. The molecule has 5 N–H and O–H groups in total.